The monoisotopic (exact) mass is 284 g/mol. The molecule has 88 valence electrons. The first-order chi connectivity index (χ1) is 7.65. The van der Waals surface area contributed by atoms with E-state index in [0.29, 0.717) is 12.7 Å². The maximum absolute atomic E-state index is 5.79. The molecule has 0 amide bonds. The quantitative estimate of drug-likeness (QED) is 0.843. The second-order valence-electron chi connectivity index (χ2n) is 4.37. The molecule has 3 heteroatoms. The first-order valence-electron chi connectivity index (χ1n) is 5.69. The van der Waals surface area contributed by atoms with Crippen molar-refractivity contribution in [2.24, 2.45) is 0 Å². The van der Waals surface area contributed by atoms with Crippen molar-refractivity contribution in [2.45, 2.75) is 38.9 Å². The molecule has 0 saturated carbocycles. The van der Waals surface area contributed by atoms with Gasteiger partial charge in [-0.05, 0) is 44.4 Å². The summed E-state index contributed by atoms with van der Waals surface area (Å²) in [7, 11) is 0. The maximum atomic E-state index is 5.79. The minimum absolute atomic E-state index is 0.258. The van der Waals surface area contributed by atoms with Crippen LogP contribution in [-0.2, 0) is 4.74 Å². The summed E-state index contributed by atoms with van der Waals surface area (Å²) >= 11 is 3.45. The Morgan fingerprint density at radius 3 is 2.94 bits per heavy atom. The van der Waals surface area contributed by atoms with Gasteiger partial charge in [0.05, 0.1) is 12.2 Å². The molecule has 1 fully saturated rings. The smallest absolute Gasteiger partial charge is 0.123 e. The Morgan fingerprint density at radius 2 is 2.25 bits per heavy atom. The molecule has 1 aromatic rings. The van der Waals surface area contributed by atoms with Crippen molar-refractivity contribution in [2.75, 3.05) is 6.61 Å². The van der Waals surface area contributed by atoms with E-state index < -0.39 is 0 Å². The van der Waals surface area contributed by atoms with Gasteiger partial charge in [0.2, 0.25) is 0 Å². The molecule has 1 heterocycles. The van der Waals surface area contributed by atoms with E-state index in [1.54, 1.807) is 0 Å². The van der Waals surface area contributed by atoms with Gasteiger partial charge in [0.15, 0.2) is 0 Å². The van der Waals surface area contributed by atoms with Gasteiger partial charge in [0.25, 0.3) is 0 Å². The summed E-state index contributed by atoms with van der Waals surface area (Å²) in [6.45, 7) is 4.83. The highest BCUT2D eigenvalue weighted by Crippen LogP contribution is 2.25. The highest BCUT2D eigenvalue weighted by molar-refractivity contribution is 9.10. The van der Waals surface area contributed by atoms with Crippen LogP contribution in [0.4, 0.5) is 0 Å². The van der Waals surface area contributed by atoms with Crippen LogP contribution in [0.2, 0.25) is 0 Å². The van der Waals surface area contributed by atoms with Crippen LogP contribution in [0.1, 0.15) is 25.3 Å². The third-order valence-electron chi connectivity index (χ3n) is 2.89. The van der Waals surface area contributed by atoms with Crippen molar-refractivity contribution >= 4 is 15.9 Å². The highest BCUT2D eigenvalue weighted by Gasteiger charge is 2.22. The second-order valence-corrected chi connectivity index (χ2v) is 5.28. The molecule has 1 aromatic carbocycles. The number of benzene rings is 1. The molecule has 0 spiro atoms. The molecule has 16 heavy (non-hydrogen) atoms. The van der Waals surface area contributed by atoms with E-state index in [9.17, 15) is 0 Å². The summed E-state index contributed by atoms with van der Waals surface area (Å²) in [4.78, 5) is 0. The molecule has 1 saturated heterocycles. The lowest BCUT2D eigenvalue weighted by molar-refractivity contribution is 0.0263. The van der Waals surface area contributed by atoms with Crippen LogP contribution in [-0.4, -0.2) is 18.8 Å². The lowest BCUT2D eigenvalue weighted by atomic mass is 10.2. The van der Waals surface area contributed by atoms with Crippen molar-refractivity contribution in [3.05, 3.63) is 28.2 Å². The van der Waals surface area contributed by atoms with Crippen molar-refractivity contribution in [1.82, 2.24) is 0 Å². The molecule has 2 rings (SSSR count). The molecular weight excluding hydrogens is 268 g/mol. The number of ether oxygens (including phenoxy) is 2. The minimum Gasteiger partial charge on any atom is -0.491 e. The van der Waals surface area contributed by atoms with Crippen LogP contribution in [0.25, 0.3) is 0 Å². The van der Waals surface area contributed by atoms with E-state index >= 15 is 0 Å². The number of hydrogen-bond acceptors (Lipinski definition) is 2. The van der Waals surface area contributed by atoms with E-state index in [-0.39, 0.29) is 6.10 Å². The molecule has 2 nitrogen and oxygen atoms in total. The van der Waals surface area contributed by atoms with Crippen LogP contribution in [0, 0.1) is 6.92 Å². The molecule has 1 aliphatic heterocycles. The lowest BCUT2D eigenvalue weighted by Gasteiger charge is -2.14. The average Bonchev–Trinajstić information content (AvgIpc) is 2.66. The van der Waals surface area contributed by atoms with Gasteiger partial charge < -0.3 is 9.47 Å². The summed E-state index contributed by atoms with van der Waals surface area (Å²) in [5.74, 6) is 0.942. The fourth-order valence-corrected chi connectivity index (χ4v) is 2.26. The average molecular weight is 285 g/mol. The second kappa shape index (κ2) is 5.19. The fraction of sp³-hybridized carbons (Fsp3) is 0.538. The summed E-state index contributed by atoms with van der Waals surface area (Å²) in [5.41, 5.74) is 1.16. The molecule has 0 radical (unpaired) electrons. The Hall–Kier alpha value is -0.540. The fourth-order valence-electron chi connectivity index (χ4n) is 1.92. The Balaban J connectivity index is 1.91. The van der Waals surface area contributed by atoms with Crippen LogP contribution in [0.15, 0.2) is 22.7 Å². The van der Waals surface area contributed by atoms with Crippen LogP contribution in [0.3, 0.4) is 0 Å². The predicted molar refractivity (Wildman–Crippen MR) is 67.9 cm³/mol. The van der Waals surface area contributed by atoms with E-state index in [4.69, 9.17) is 9.47 Å². The largest absolute Gasteiger partial charge is 0.491 e. The highest BCUT2D eigenvalue weighted by atomic mass is 79.9. The standard InChI is InChI=1S/C13H17BrO2/c1-9-3-5-11(14)7-13(9)15-8-12-6-4-10(2)16-12/h3,5,7,10,12H,4,6,8H2,1-2H3. The Morgan fingerprint density at radius 1 is 1.44 bits per heavy atom. The minimum atomic E-state index is 0.258. The SMILES string of the molecule is Cc1ccc(Br)cc1OCC1CCC(C)O1. The summed E-state index contributed by atoms with van der Waals surface area (Å²) in [5, 5.41) is 0. The van der Waals surface area contributed by atoms with Gasteiger partial charge >= 0.3 is 0 Å². The van der Waals surface area contributed by atoms with Gasteiger partial charge in [0.1, 0.15) is 12.4 Å². The summed E-state index contributed by atoms with van der Waals surface area (Å²) in [6, 6.07) is 6.08. The zero-order chi connectivity index (χ0) is 11.5. The summed E-state index contributed by atoms with van der Waals surface area (Å²) in [6.07, 6.45) is 2.89. The van der Waals surface area contributed by atoms with Gasteiger partial charge in [-0.1, -0.05) is 22.0 Å². The predicted octanol–water partition coefficient (Wildman–Crippen LogP) is 3.70. The van der Waals surface area contributed by atoms with Crippen molar-refractivity contribution in [1.29, 1.82) is 0 Å². The molecule has 2 atom stereocenters. The third-order valence-corrected chi connectivity index (χ3v) is 3.39. The van der Waals surface area contributed by atoms with Crippen molar-refractivity contribution in [3.8, 4) is 5.75 Å². The molecule has 0 aromatic heterocycles. The van der Waals surface area contributed by atoms with E-state index in [2.05, 4.69) is 35.8 Å². The van der Waals surface area contributed by atoms with Crippen LogP contribution < -0.4 is 4.74 Å². The summed E-state index contributed by atoms with van der Waals surface area (Å²) < 4.78 is 12.6. The maximum Gasteiger partial charge on any atom is 0.123 e. The topological polar surface area (TPSA) is 18.5 Å². The van der Waals surface area contributed by atoms with Gasteiger partial charge in [0, 0.05) is 4.47 Å². The van der Waals surface area contributed by atoms with Crippen LogP contribution in [0.5, 0.6) is 5.75 Å². The van der Waals surface area contributed by atoms with Crippen LogP contribution >= 0.6 is 15.9 Å². The zero-order valence-electron chi connectivity index (χ0n) is 9.70. The Kier molecular flexibility index (Phi) is 3.87. The molecule has 2 unspecified atom stereocenters. The molecule has 1 aliphatic rings. The first-order valence-corrected chi connectivity index (χ1v) is 6.49. The van der Waals surface area contributed by atoms with Gasteiger partial charge in [-0.2, -0.15) is 0 Å². The van der Waals surface area contributed by atoms with Gasteiger partial charge in [-0.3, -0.25) is 0 Å². The van der Waals surface area contributed by atoms with E-state index in [1.807, 2.05) is 12.1 Å². The Labute approximate surface area is 105 Å². The van der Waals surface area contributed by atoms with E-state index in [1.165, 1.54) is 0 Å². The Bertz CT molecular complexity index is 365. The van der Waals surface area contributed by atoms with Crippen molar-refractivity contribution < 1.29 is 9.47 Å². The number of aryl methyl sites for hydroxylation is 1. The van der Waals surface area contributed by atoms with Gasteiger partial charge in [-0.25, -0.2) is 0 Å². The molecule has 0 N–H and O–H groups in total. The third kappa shape index (κ3) is 2.98. The van der Waals surface area contributed by atoms with Gasteiger partial charge in [-0.15, -0.1) is 0 Å². The number of rotatable bonds is 3. The lowest BCUT2D eigenvalue weighted by Crippen LogP contribution is -2.18. The first kappa shape index (κ1) is 11.9. The zero-order valence-corrected chi connectivity index (χ0v) is 11.3. The molecule has 0 bridgehead atoms. The molecule has 0 aliphatic carbocycles. The normalized spacial score (nSPS) is 24.7. The number of hydrogen-bond donors (Lipinski definition) is 0. The van der Waals surface area contributed by atoms with Crippen molar-refractivity contribution in [3.63, 3.8) is 0 Å². The number of halogens is 1. The van der Waals surface area contributed by atoms with E-state index in [0.717, 1.165) is 28.6 Å². The molecular formula is C13H17BrO2.